The van der Waals surface area contributed by atoms with Gasteiger partial charge in [-0.3, -0.25) is 4.79 Å². The molecule has 6 nitrogen and oxygen atoms in total. The van der Waals surface area contributed by atoms with E-state index in [9.17, 15) is 19.1 Å². The smallest absolute Gasteiger partial charge is 0.326 e. The van der Waals surface area contributed by atoms with Crippen molar-refractivity contribution < 1.29 is 23.8 Å². The van der Waals surface area contributed by atoms with Gasteiger partial charge in [0.2, 0.25) is 0 Å². The summed E-state index contributed by atoms with van der Waals surface area (Å²) in [6.07, 6.45) is 0.381. The summed E-state index contributed by atoms with van der Waals surface area (Å²) in [5.74, 6) is -1.80. The number of carboxylic acids is 1. The third kappa shape index (κ3) is 3.85. The summed E-state index contributed by atoms with van der Waals surface area (Å²) in [6.45, 7) is 0.225. The first kappa shape index (κ1) is 17.5. The van der Waals surface area contributed by atoms with Crippen LogP contribution in [0.4, 0.5) is 4.39 Å². The maximum absolute atomic E-state index is 13.3. The van der Waals surface area contributed by atoms with Crippen LogP contribution in [0, 0.1) is 5.82 Å². The quantitative estimate of drug-likeness (QED) is 0.880. The maximum Gasteiger partial charge on any atom is 0.326 e. The number of amides is 1. The zero-order valence-electron chi connectivity index (χ0n) is 13.5. The number of carbonyl (C=O) groups is 2. The molecule has 2 unspecified atom stereocenters. The zero-order valence-corrected chi connectivity index (χ0v) is 14.3. The van der Waals surface area contributed by atoms with E-state index >= 15 is 0 Å². The Morgan fingerprint density at radius 2 is 2.28 bits per heavy atom. The van der Waals surface area contributed by atoms with Gasteiger partial charge in [-0.1, -0.05) is 12.1 Å². The Morgan fingerprint density at radius 3 is 2.96 bits per heavy atom. The van der Waals surface area contributed by atoms with Gasteiger partial charge in [0, 0.05) is 31.9 Å². The van der Waals surface area contributed by atoms with Gasteiger partial charge in [-0.15, -0.1) is 11.3 Å². The van der Waals surface area contributed by atoms with Crippen molar-refractivity contribution in [1.82, 2.24) is 9.88 Å². The van der Waals surface area contributed by atoms with Crippen molar-refractivity contribution in [3.63, 3.8) is 0 Å². The standard InChI is InChI=1S/C17H17FN2O4S/c1-24-12-7-14(17(22)23)20(8-12)16(21)13-9-25-15(19-13)6-10-3-2-4-11(18)5-10/h2-5,9,12,14H,6-8H2,1H3,(H,22,23). The van der Waals surface area contributed by atoms with Crippen LogP contribution in [0.1, 0.15) is 27.5 Å². The van der Waals surface area contributed by atoms with Crippen molar-refractivity contribution in [1.29, 1.82) is 0 Å². The fraction of sp³-hybridized carbons (Fsp3) is 0.353. The largest absolute Gasteiger partial charge is 0.480 e. The number of methoxy groups -OCH3 is 1. The Labute approximate surface area is 147 Å². The molecule has 1 N–H and O–H groups in total. The normalized spacial score (nSPS) is 20.0. The predicted octanol–water partition coefficient (Wildman–Crippen LogP) is 2.19. The summed E-state index contributed by atoms with van der Waals surface area (Å²) < 4.78 is 18.4. The lowest BCUT2D eigenvalue weighted by molar-refractivity contribution is -0.141. The molecule has 25 heavy (non-hydrogen) atoms. The third-order valence-electron chi connectivity index (χ3n) is 4.16. The lowest BCUT2D eigenvalue weighted by Crippen LogP contribution is -2.40. The number of likely N-dealkylation sites (tertiary alicyclic amines) is 1. The number of thiazole rings is 1. The lowest BCUT2D eigenvalue weighted by atomic mass is 10.1. The second-order valence-electron chi connectivity index (χ2n) is 5.84. The number of hydrogen-bond donors (Lipinski definition) is 1. The highest BCUT2D eigenvalue weighted by Crippen LogP contribution is 2.24. The molecule has 1 fully saturated rings. The summed E-state index contributed by atoms with van der Waals surface area (Å²) in [5, 5.41) is 11.6. The highest BCUT2D eigenvalue weighted by atomic mass is 32.1. The second kappa shape index (κ2) is 7.28. The molecule has 3 rings (SSSR count). The molecule has 132 valence electrons. The molecule has 1 aliphatic heterocycles. The fourth-order valence-corrected chi connectivity index (χ4v) is 3.69. The minimum Gasteiger partial charge on any atom is -0.480 e. The van der Waals surface area contributed by atoms with Gasteiger partial charge in [0.1, 0.15) is 17.6 Å². The number of hydrogen-bond acceptors (Lipinski definition) is 5. The molecular weight excluding hydrogens is 347 g/mol. The molecule has 0 bridgehead atoms. The monoisotopic (exact) mass is 364 g/mol. The number of benzene rings is 1. The van der Waals surface area contributed by atoms with Gasteiger partial charge < -0.3 is 14.7 Å². The summed E-state index contributed by atoms with van der Waals surface area (Å²) in [7, 11) is 1.50. The first-order chi connectivity index (χ1) is 12.0. The van der Waals surface area contributed by atoms with E-state index in [2.05, 4.69) is 4.98 Å². The molecule has 8 heteroatoms. The summed E-state index contributed by atoms with van der Waals surface area (Å²) in [4.78, 5) is 29.6. The SMILES string of the molecule is COC1CC(C(=O)O)N(C(=O)c2csc(Cc3cccc(F)c3)n2)C1. The number of carboxylic acid groups (broad SMARTS) is 1. The Morgan fingerprint density at radius 1 is 1.48 bits per heavy atom. The third-order valence-corrected chi connectivity index (χ3v) is 5.01. The molecule has 0 radical (unpaired) electrons. The molecule has 0 spiro atoms. The van der Waals surface area contributed by atoms with Crippen LogP contribution in [0.3, 0.4) is 0 Å². The highest BCUT2D eigenvalue weighted by molar-refractivity contribution is 7.09. The van der Waals surface area contributed by atoms with E-state index in [0.717, 1.165) is 5.56 Å². The van der Waals surface area contributed by atoms with Crippen LogP contribution in [-0.2, 0) is 16.0 Å². The van der Waals surface area contributed by atoms with Crippen LogP contribution in [0.15, 0.2) is 29.6 Å². The van der Waals surface area contributed by atoms with Crippen LogP contribution in [-0.4, -0.2) is 52.7 Å². The number of aromatic nitrogens is 1. The average Bonchev–Trinajstić information content (AvgIpc) is 3.21. The number of aliphatic carboxylic acids is 1. The van der Waals surface area contributed by atoms with Crippen molar-refractivity contribution in [3.8, 4) is 0 Å². The summed E-state index contributed by atoms with van der Waals surface area (Å²) in [5.41, 5.74) is 0.969. The van der Waals surface area contributed by atoms with Crippen molar-refractivity contribution in [2.24, 2.45) is 0 Å². The molecule has 1 amide bonds. The van der Waals surface area contributed by atoms with Crippen molar-refractivity contribution in [2.45, 2.75) is 25.0 Å². The Hall–Kier alpha value is -2.32. The molecule has 0 aliphatic carbocycles. The molecule has 1 aliphatic rings. The Balaban J connectivity index is 1.75. The van der Waals surface area contributed by atoms with Gasteiger partial charge in [-0.05, 0) is 17.7 Å². The van der Waals surface area contributed by atoms with Crippen molar-refractivity contribution in [3.05, 3.63) is 51.7 Å². The number of halogens is 1. The average molecular weight is 364 g/mol. The summed E-state index contributed by atoms with van der Waals surface area (Å²) in [6, 6.07) is 5.29. The molecule has 2 heterocycles. The van der Waals surface area contributed by atoms with E-state index in [4.69, 9.17) is 4.74 Å². The van der Waals surface area contributed by atoms with E-state index in [0.29, 0.717) is 11.4 Å². The van der Waals surface area contributed by atoms with E-state index < -0.39 is 17.9 Å². The van der Waals surface area contributed by atoms with Crippen LogP contribution in [0.5, 0.6) is 0 Å². The molecular formula is C17H17FN2O4S. The summed E-state index contributed by atoms with van der Waals surface area (Å²) >= 11 is 1.29. The van der Waals surface area contributed by atoms with Gasteiger partial charge in [0.05, 0.1) is 11.1 Å². The van der Waals surface area contributed by atoms with Gasteiger partial charge >= 0.3 is 5.97 Å². The second-order valence-corrected chi connectivity index (χ2v) is 6.78. The number of carbonyl (C=O) groups excluding carboxylic acids is 1. The topological polar surface area (TPSA) is 79.7 Å². The number of nitrogens with zero attached hydrogens (tertiary/aromatic N) is 2. The van der Waals surface area contributed by atoms with Crippen LogP contribution < -0.4 is 0 Å². The Kier molecular flexibility index (Phi) is 5.10. The maximum atomic E-state index is 13.3. The van der Waals surface area contributed by atoms with Crippen LogP contribution in [0.25, 0.3) is 0 Å². The van der Waals surface area contributed by atoms with Crippen LogP contribution in [0.2, 0.25) is 0 Å². The minimum atomic E-state index is -1.05. The fourth-order valence-electron chi connectivity index (χ4n) is 2.89. The van der Waals surface area contributed by atoms with Gasteiger partial charge in [0.25, 0.3) is 5.91 Å². The van der Waals surface area contributed by atoms with E-state index in [-0.39, 0.29) is 30.6 Å². The van der Waals surface area contributed by atoms with E-state index in [1.54, 1.807) is 17.5 Å². The lowest BCUT2D eigenvalue weighted by Gasteiger charge is -2.19. The minimum absolute atomic E-state index is 0.208. The van der Waals surface area contributed by atoms with Gasteiger partial charge in [0.15, 0.2) is 0 Å². The van der Waals surface area contributed by atoms with Gasteiger partial charge in [-0.2, -0.15) is 0 Å². The van der Waals surface area contributed by atoms with E-state index in [1.807, 2.05) is 0 Å². The predicted molar refractivity (Wildman–Crippen MR) is 89.2 cm³/mol. The molecule has 1 aromatic heterocycles. The van der Waals surface area contributed by atoms with Crippen molar-refractivity contribution >= 4 is 23.2 Å². The molecule has 2 aromatic rings. The highest BCUT2D eigenvalue weighted by Gasteiger charge is 2.40. The Bertz CT molecular complexity index is 794. The zero-order chi connectivity index (χ0) is 18.0. The van der Waals surface area contributed by atoms with Crippen LogP contribution >= 0.6 is 11.3 Å². The molecule has 0 saturated carbocycles. The molecule has 1 saturated heterocycles. The molecule has 1 aromatic carbocycles. The first-order valence-corrected chi connectivity index (χ1v) is 8.61. The first-order valence-electron chi connectivity index (χ1n) is 7.73. The van der Waals surface area contributed by atoms with E-state index in [1.165, 1.54) is 35.5 Å². The van der Waals surface area contributed by atoms with Crippen molar-refractivity contribution in [2.75, 3.05) is 13.7 Å². The number of rotatable bonds is 5. The number of ether oxygens (including phenoxy) is 1. The molecule has 2 atom stereocenters. The van der Waals surface area contributed by atoms with Gasteiger partial charge in [-0.25, -0.2) is 14.2 Å².